The molecule has 0 spiro atoms. The van der Waals surface area contributed by atoms with E-state index in [2.05, 4.69) is 11.5 Å². The molecule has 1 fully saturated rings. The molecule has 0 aromatic rings. The predicted octanol–water partition coefficient (Wildman–Crippen LogP) is 2.83. The lowest BCUT2D eigenvalue weighted by Gasteiger charge is -2.28. The van der Waals surface area contributed by atoms with Crippen LogP contribution in [-0.2, 0) is 0 Å². The van der Waals surface area contributed by atoms with Gasteiger partial charge in [-0.25, -0.2) is 4.39 Å². The molecule has 1 unspecified atom stereocenters. The van der Waals surface area contributed by atoms with E-state index >= 15 is 0 Å². The van der Waals surface area contributed by atoms with Gasteiger partial charge in [-0.3, -0.25) is 0 Å². The average Bonchev–Trinajstić information content (AvgIpc) is 2.83. The topological polar surface area (TPSA) is 12.0 Å². The summed E-state index contributed by atoms with van der Waals surface area (Å²) < 4.78 is 51.2. The molecule has 1 saturated carbocycles. The molecule has 0 aromatic heterocycles. The van der Waals surface area contributed by atoms with E-state index in [1.54, 1.807) is 0 Å². The highest BCUT2D eigenvalue weighted by atomic mass is 35.5. The summed E-state index contributed by atoms with van der Waals surface area (Å²) in [5.74, 6) is 0. The van der Waals surface area contributed by atoms with Gasteiger partial charge in [0.1, 0.15) is 5.67 Å². The summed E-state index contributed by atoms with van der Waals surface area (Å²) in [6.45, 7) is 0. The first-order valence-electron chi connectivity index (χ1n) is 4.35. The highest BCUT2D eigenvalue weighted by molar-refractivity contribution is 6.31. The quantitative estimate of drug-likeness (QED) is 0.695. The van der Waals surface area contributed by atoms with Gasteiger partial charge in [-0.2, -0.15) is 13.2 Å². The van der Waals surface area contributed by atoms with Gasteiger partial charge in [0, 0.05) is 0 Å². The minimum atomic E-state index is -4.57. The zero-order valence-electron chi connectivity index (χ0n) is 7.46. The summed E-state index contributed by atoms with van der Waals surface area (Å²) >= 11 is 5.40. The summed E-state index contributed by atoms with van der Waals surface area (Å²) in [6, 6.07) is -1.38. The molecular formula is C9H7ClF4N. The van der Waals surface area contributed by atoms with E-state index < -0.39 is 23.5 Å². The van der Waals surface area contributed by atoms with Gasteiger partial charge in [-0.1, -0.05) is 11.6 Å². The highest BCUT2D eigenvalue weighted by Crippen LogP contribution is 2.49. The molecule has 0 aromatic carbocycles. The predicted molar refractivity (Wildman–Crippen MR) is 46.7 cm³/mol. The first-order chi connectivity index (χ1) is 6.83. The number of dihydropyridines is 1. The number of allylic oxidation sites excluding steroid dienone is 2. The molecule has 15 heavy (non-hydrogen) atoms. The van der Waals surface area contributed by atoms with Crippen molar-refractivity contribution in [2.45, 2.75) is 30.7 Å². The van der Waals surface area contributed by atoms with E-state index in [1.807, 2.05) is 0 Å². The van der Waals surface area contributed by atoms with Crippen molar-refractivity contribution in [3.8, 4) is 0 Å². The Morgan fingerprint density at radius 3 is 2.53 bits per heavy atom. The molecule has 0 bridgehead atoms. The molecule has 2 rings (SSSR count). The van der Waals surface area contributed by atoms with Crippen molar-refractivity contribution in [1.29, 1.82) is 0 Å². The minimum absolute atomic E-state index is 0.136. The molecule has 1 aliphatic heterocycles. The van der Waals surface area contributed by atoms with Crippen molar-refractivity contribution in [1.82, 2.24) is 5.32 Å². The molecule has 1 N–H and O–H groups in total. The largest absolute Gasteiger partial charge is 0.414 e. The fourth-order valence-corrected chi connectivity index (χ4v) is 1.71. The van der Waals surface area contributed by atoms with Gasteiger partial charge in [-0.05, 0) is 18.9 Å². The smallest absolute Gasteiger partial charge is 0.372 e. The lowest BCUT2D eigenvalue weighted by molar-refractivity contribution is -0.0998. The zero-order valence-corrected chi connectivity index (χ0v) is 8.21. The van der Waals surface area contributed by atoms with E-state index in [0.29, 0.717) is 0 Å². The molecular weight excluding hydrogens is 234 g/mol. The van der Waals surface area contributed by atoms with Crippen LogP contribution in [-0.4, -0.2) is 17.9 Å². The Bertz CT molecular complexity index is 341. The van der Waals surface area contributed by atoms with Gasteiger partial charge >= 0.3 is 6.18 Å². The summed E-state index contributed by atoms with van der Waals surface area (Å²) in [6.07, 6.45) is -1.27. The van der Waals surface area contributed by atoms with Crippen LogP contribution in [0.4, 0.5) is 17.6 Å². The molecule has 1 atom stereocenters. The molecule has 1 radical (unpaired) electrons. The first-order valence-corrected chi connectivity index (χ1v) is 4.72. The monoisotopic (exact) mass is 240 g/mol. The third-order valence-electron chi connectivity index (χ3n) is 2.50. The first kappa shape index (κ1) is 10.8. The summed E-state index contributed by atoms with van der Waals surface area (Å²) in [5, 5.41) is 2.05. The van der Waals surface area contributed by atoms with Gasteiger partial charge < -0.3 is 5.32 Å². The Balaban J connectivity index is 2.31. The van der Waals surface area contributed by atoms with Crippen LogP contribution >= 0.6 is 11.6 Å². The number of rotatable bonds is 1. The van der Waals surface area contributed by atoms with Crippen LogP contribution < -0.4 is 5.32 Å². The zero-order chi connectivity index (χ0) is 11.3. The van der Waals surface area contributed by atoms with E-state index in [9.17, 15) is 17.6 Å². The minimum Gasteiger partial charge on any atom is -0.372 e. The van der Waals surface area contributed by atoms with Crippen LogP contribution in [0.15, 0.2) is 16.7 Å². The lowest BCUT2D eigenvalue weighted by Crippen LogP contribution is -2.44. The second-order valence-corrected chi connectivity index (χ2v) is 4.09. The molecule has 0 saturated heterocycles. The van der Waals surface area contributed by atoms with Crippen molar-refractivity contribution in [2.75, 3.05) is 0 Å². The second kappa shape index (κ2) is 3.14. The van der Waals surface area contributed by atoms with Crippen LogP contribution in [0.25, 0.3) is 0 Å². The van der Waals surface area contributed by atoms with Crippen molar-refractivity contribution < 1.29 is 17.6 Å². The Kier molecular flexibility index (Phi) is 2.26. The van der Waals surface area contributed by atoms with E-state index in [4.69, 9.17) is 11.6 Å². The highest BCUT2D eigenvalue weighted by Gasteiger charge is 2.57. The number of hydrogen-bond donors (Lipinski definition) is 1. The molecule has 0 amide bonds. The standard InChI is InChI=1S/C9H7ClF4N/c10-5-3-6(9(12,13)14)7(15-4-5)8(11)1-2-8/h3,7,15H,1-2H2. The van der Waals surface area contributed by atoms with E-state index in [1.165, 1.54) is 0 Å². The number of nitrogens with one attached hydrogen (secondary N) is 1. The van der Waals surface area contributed by atoms with Crippen molar-refractivity contribution in [3.05, 3.63) is 22.9 Å². The Labute approximate surface area is 88.8 Å². The molecule has 1 heterocycles. The second-order valence-electron chi connectivity index (χ2n) is 3.68. The molecule has 1 aliphatic carbocycles. The maximum absolute atomic E-state index is 13.6. The molecule has 83 valence electrons. The Morgan fingerprint density at radius 2 is 2.07 bits per heavy atom. The van der Waals surface area contributed by atoms with Crippen LogP contribution in [0.5, 0.6) is 0 Å². The SMILES string of the molecule is FC(F)(F)C1=CC(Cl)=[C]NC1C1(F)CC1. The normalized spacial score (nSPS) is 29.0. The number of halogens is 5. The fraction of sp³-hybridized carbons (Fsp3) is 0.556. The van der Waals surface area contributed by atoms with Crippen LogP contribution in [0.3, 0.4) is 0 Å². The summed E-state index contributed by atoms with van der Waals surface area (Å²) in [7, 11) is 0. The summed E-state index contributed by atoms with van der Waals surface area (Å²) in [4.78, 5) is 0. The van der Waals surface area contributed by atoms with Crippen molar-refractivity contribution in [3.63, 3.8) is 0 Å². The average molecular weight is 241 g/mol. The lowest BCUT2D eigenvalue weighted by atomic mass is 9.98. The van der Waals surface area contributed by atoms with Crippen LogP contribution in [0.1, 0.15) is 12.8 Å². The van der Waals surface area contributed by atoms with Gasteiger partial charge in [0.05, 0.1) is 22.8 Å². The van der Waals surface area contributed by atoms with Gasteiger partial charge in [-0.15, -0.1) is 0 Å². The summed E-state index contributed by atoms with van der Waals surface area (Å²) in [5.41, 5.74) is -2.77. The van der Waals surface area contributed by atoms with Crippen LogP contribution in [0, 0.1) is 6.20 Å². The van der Waals surface area contributed by atoms with Crippen LogP contribution in [0.2, 0.25) is 0 Å². The third kappa shape index (κ3) is 1.97. The molecule has 1 nitrogen and oxygen atoms in total. The number of hydrogen-bond acceptors (Lipinski definition) is 1. The van der Waals surface area contributed by atoms with Gasteiger partial charge in [0.15, 0.2) is 0 Å². The maximum Gasteiger partial charge on any atom is 0.414 e. The molecule has 6 heteroatoms. The Morgan fingerprint density at radius 1 is 1.47 bits per heavy atom. The van der Waals surface area contributed by atoms with E-state index in [0.717, 1.165) is 6.08 Å². The third-order valence-corrected chi connectivity index (χ3v) is 2.71. The maximum atomic E-state index is 13.6. The van der Waals surface area contributed by atoms with Crippen molar-refractivity contribution >= 4 is 11.6 Å². The Hall–Kier alpha value is -0.710. The fourth-order valence-electron chi connectivity index (χ4n) is 1.54. The van der Waals surface area contributed by atoms with Crippen molar-refractivity contribution in [2.24, 2.45) is 0 Å². The van der Waals surface area contributed by atoms with E-state index in [-0.39, 0.29) is 17.9 Å². The van der Waals surface area contributed by atoms with Gasteiger partial charge in [0.25, 0.3) is 0 Å². The molecule has 2 aliphatic rings. The van der Waals surface area contributed by atoms with Gasteiger partial charge in [0.2, 0.25) is 0 Å². The number of alkyl halides is 4.